The summed E-state index contributed by atoms with van der Waals surface area (Å²) in [5, 5.41) is 3.33. The molecule has 0 bridgehead atoms. The molecule has 0 aromatic heterocycles. The fourth-order valence-electron chi connectivity index (χ4n) is 3.37. The third kappa shape index (κ3) is 4.68. The fraction of sp³-hybridized carbons (Fsp3) is 0.381. The summed E-state index contributed by atoms with van der Waals surface area (Å²) in [6.07, 6.45) is 0. The molecule has 0 radical (unpaired) electrons. The molecule has 1 saturated heterocycles. The standard InChI is InChI=1S/C21H27N3O/c1-17-14-22-11-12-24(17)21(25)20-10-6-9-19(13-20)16-23(2)15-18-7-4-3-5-8-18/h3-10,13,17,22H,11-12,14-16H2,1-2H3/t17-/m0/s1. The SMILES string of the molecule is C[C@H]1CNCCN1C(=O)c1cccc(CN(C)Cc2ccccc2)c1. The van der Waals surface area contributed by atoms with Crippen molar-refractivity contribution >= 4 is 5.91 Å². The van der Waals surface area contributed by atoms with Crippen LogP contribution in [-0.2, 0) is 13.1 Å². The number of rotatable bonds is 5. The van der Waals surface area contributed by atoms with Gasteiger partial charge in [-0.2, -0.15) is 0 Å². The van der Waals surface area contributed by atoms with E-state index in [0.717, 1.165) is 38.3 Å². The number of nitrogens with one attached hydrogen (secondary N) is 1. The molecule has 0 aliphatic carbocycles. The van der Waals surface area contributed by atoms with Crippen LogP contribution in [-0.4, -0.2) is 48.4 Å². The van der Waals surface area contributed by atoms with Gasteiger partial charge in [0.2, 0.25) is 0 Å². The van der Waals surface area contributed by atoms with Crippen molar-refractivity contribution in [2.24, 2.45) is 0 Å². The quantitative estimate of drug-likeness (QED) is 0.911. The molecule has 1 heterocycles. The first-order chi connectivity index (χ1) is 12.1. The summed E-state index contributed by atoms with van der Waals surface area (Å²) < 4.78 is 0. The van der Waals surface area contributed by atoms with Crippen LogP contribution in [0.2, 0.25) is 0 Å². The van der Waals surface area contributed by atoms with Gasteiger partial charge in [-0.3, -0.25) is 9.69 Å². The van der Waals surface area contributed by atoms with E-state index in [2.05, 4.69) is 54.5 Å². The van der Waals surface area contributed by atoms with Gasteiger partial charge >= 0.3 is 0 Å². The molecule has 132 valence electrons. The van der Waals surface area contributed by atoms with Crippen LogP contribution < -0.4 is 5.32 Å². The summed E-state index contributed by atoms with van der Waals surface area (Å²) in [6.45, 7) is 6.33. The topological polar surface area (TPSA) is 35.6 Å². The molecule has 2 aromatic rings. The first-order valence-electron chi connectivity index (χ1n) is 8.96. The molecule has 1 atom stereocenters. The van der Waals surface area contributed by atoms with Crippen molar-refractivity contribution in [2.75, 3.05) is 26.7 Å². The van der Waals surface area contributed by atoms with Crippen molar-refractivity contribution in [3.8, 4) is 0 Å². The molecule has 4 nitrogen and oxygen atoms in total. The second-order valence-corrected chi connectivity index (χ2v) is 6.91. The van der Waals surface area contributed by atoms with Gasteiger partial charge in [-0.05, 0) is 37.2 Å². The summed E-state index contributed by atoms with van der Waals surface area (Å²) in [6, 6.07) is 18.8. The average molecular weight is 337 g/mol. The van der Waals surface area contributed by atoms with E-state index in [0.29, 0.717) is 0 Å². The highest BCUT2D eigenvalue weighted by Gasteiger charge is 2.24. The lowest BCUT2D eigenvalue weighted by Gasteiger charge is -2.34. The molecule has 0 saturated carbocycles. The van der Waals surface area contributed by atoms with Crippen molar-refractivity contribution in [1.29, 1.82) is 0 Å². The number of nitrogens with zero attached hydrogens (tertiary/aromatic N) is 2. The van der Waals surface area contributed by atoms with Gasteiger partial charge in [-0.25, -0.2) is 0 Å². The monoisotopic (exact) mass is 337 g/mol. The molecule has 1 N–H and O–H groups in total. The zero-order chi connectivity index (χ0) is 17.6. The van der Waals surface area contributed by atoms with E-state index >= 15 is 0 Å². The van der Waals surface area contributed by atoms with E-state index in [-0.39, 0.29) is 11.9 Å². The minimum atomic E-state index is 0.140. The Hall–Kier alpha value is -2.17. The Morgan fingerprint density at radius 3 is 2.60 bits per heavy atom. The first-order valence-corrected chi connectivity index (χ1v) is 8.96. The number of piperazine rings is 1. The number of carbonyl (C=O) groups is 1. The maximum Gasteiger partial charge on any atom is 0.254 e. The van der Waals surface area contributed by atoms with Crippen molar-refractivity contribution < 1.29 is 4.79 Å². The van der Waals surface area contributed by atoms with Gasteiger partial charge in [0.15, 0.2) is 0 Å². The molecule has 1 aliphatic heterocycles. The van der Waals surface area contributed by atoms with Gasteiger partial charge in [0.05, 0.1) is 0 Å². The Balaban J connectivity index is 1.65. The van der Waals surface area contributed by atoms with Gasteiger partial charge in [0.25, 0.3) is 5.91 Å². The van der Waals surface area contributed by atoms with E-state index in [1.807, 2.05) is 29.2 Å². The van der Waals surface area contributed by atoms with Gasteiger partial charge < -0.3 is 10.2 Å². The minimum Gasteiger partial charge on any atom is -0.333 e. The van der Waals surface area contributed by atoms with Crippen LogP contribution in [0.25, 0.3) is 0 Å². The Bertz CT molecular complexity index is 701. The Kier molecular flexibility index (Phi) is 5.84. The Morgan fingerprint density at radius 1 is 1.12 bits per heavy atom. The molecule has 25 heavy (non-hydrogen) atoms. The lowest BCUT2D eigenvalue weighted by Crippen LogP contribution is -2.52. The van der Waals surface area contributed by atoms with Crippen molar-refractivity contribution in [3.63, 3.8) is 0 Å². The summed E-state index contributed by atoms with van der Waals surface area (Å²) in [4.78, 5) is 17.1. The van der Waals surface area contributed by atoms with E-state index in [9.17, 15) is 4.79 Å². The average Bonchev–Trinajstić information content (AvgIpc) is 2.62. The molecule has 1 fully saturated rings. The number of carbonyl (C=O) groups excluding carboxylic acids is 1. The Morgan fingerprint density at radius 2 is 1.84 bits per heavy atom. The number of hydrogen-bond acceptors (Lipinski definition) is 3. The Labute approximate surface area is 150 Å². The molecule has 3 rings (SSSR count). The van der Waals surface area contributed by atoms with Crippen LogP contribution in [0.4, 0.5) is 0 Å². The highest BCUT2D eigenvalue weighted by molar-refractivity contribution is 5.94. The largest absolute Gasteiger partial charge is 0.333 e. The van der Waals surface area contributed by atoms with Gasteiger partial charge in [0.1, 0.15) is 0 Å². The first kappa shape index (κ1) is 17.6. The zero-order valence-corrected chi connectivity index (χ0v) is 15.1. The van der Waals surface area contributed by atoms with Gasteiger partial charge in [0, 0.05) is 44.3 Å². The van der Waals surface area contributed by atoms with Crippen LogP contribution in [0.5, 0.6) is 0 Å². The summed E-state index contributed by atoms with van der Waals surface area (Å²) in [5.74, 6) is 0.140. The number of benzene rings is 2. The van der Waals surface area contributed by atoms with Crippen molar-refractivity contribution in [2.45, 2.75) is 26.1 Å². The number of amides is 1. The second-order valence-electron chi connectivity index (χ2n) is 6.91. The lowest BCUT2D eigenvalue weighted by molar-refractivity contribution is 0.0655. The third-order valence-corrected chi connectivity index (χ3v) is 4.68. The van der Waals surface area contributed by atoms with Gasteiger partial charge in [-0.1, -0.05) is 42.5 Å². The van der Waals surface area contributed by atoms with E-state index in [1.54, 1.807) is 0 Å². The summed E-state index contributed by atoms with van der Waals surface area (Å²) in [5.41, 5.74) is 3.26. The maximum atomic E-state index is 12.8. The molecule has 0 unspecified atom stereocenters. The normalized spacial score (nSPS) is 17.7. The lowest BCUT2D eigenvalue weighted by atomic mass is 10.1. The van der Waals surface area contributed by atoms with Crippen LogP contribution >= 0.6 is 0 Å². The maximum absolute atomic E-state index is 12.8. The van der Waals surface area contributed by atoms with Crippen LogP contribution in [0.15, 0.2) is 54.6 Å². The number of hydrogen-bond donors (Lipinski definition) is 1. The fourth-order valence-corrected chi connectivity index (χ4v) is 3.37. The van der Waals surface area contributed by atoms with E-state index < -0.39 is 0 Å². The summed E-state index contributed by atoms with van der Waals surface area (Å²) in [7, 11) is 2.11. The third-order valence-electron chi connectivity index (χ3n) is 4.68. The molecule has 1 amide bonds. The second kappa shape index (κ2) is 8.28. The molecular weight excluding hydrogens is 310 g/mol. The molecular formula is C21H27N3O. The smallest absolute Gasteiger partial charge is 0.254 e. The predicted molar refractivity (Wildman–Crippen MR) is 101 cm³/mol. The zero-order valence-electron chi connectivity index (χ0n) is 15.1. The van der Waals surface area contributed by atoms with Crippen molar-refractivity contribution in [3.05, 3.63) is 71.3 Å². The molecule has 0 spiro atoms. The molecule has 1 aliphatic rings. The van der Waals surface area contributed by atoms with Gasteiger partial charge in [-0.15, -0.1) is 0 Å². The predicted octanol–water partition coefficient (Wildman–Crippen LogP) is 2.75. The molecule has 4 heteroatoms. The minimum absolute atomic E-state index is 0.140. The van der Waals surface area contributed by atoms with Crippen LogP contribution in [0.1, 0.15) is 28.4 Å². The highest BCUT2D eigenvalue weighted by atomic mass is 16.2. The van der Waals surface area contributed by atoms with Crippen molar-refractivity contribution in [1.82, 2.24) is 15.1 Å². The molecule has 2 aromatic carbocycles. The van der Waals surface area contributed by atoms with Crippen LogP contribution in [0.3, 0.4) is 0 Å². The van der Waals surface area contributed by atoms with Crippen LogP contribution in [0, 0.1) is 0 Å². The van der Waals surface area contributed by atoms with E-state index in [4.69, 9.17) is 0 Å². The van der Waals surface area contributed by atoms with E-state index in [1.165, 1.54) is 11.1 Å². The highest BCUT2D eigenvalue weighted by Crippen LogP contribution is 2.14. The summed E-state index contributed by atoms with van der Waals surface area (Å²) >= 11 is 0.